The molecule has 206 valence electrons. The molecule has 1 fully saturated rings. The average Bonchev–Trinajstić information content (AvgIpc) is 3.30. The second-order valence-electron chi connectivity index (χ2n) is 10.2. The minimum atomic E-state index is -2.12. The summed E-state index contributed by atoms with van der Waals surface area (Å²) in [6, 6.07) is 4.11. The lowest BCUT2D eigenvalue weighted by molar-refractivity contribution is -0.178. The van der Waals surface area contributed by atoms with Crippen molar-refractivity contribution in [1.82, 2.24) is 4.90 Å². The number of hydrogen-bond acceptors (Lipinski definition) is 10. The van der Waals surface area contributed by atoms with Gasteiger partial charge in [-0.25, -0.2) is 4.79 Å². The van der Waals surface area contributed by atoms with Crippen LogP contribution in [-0.2, 0) is 35.0 Å². The number of methoxy groups -OCH3 is 3. The molecule has 3 aliphatic heterocycles. The number of fused-ring (bicyclic) bond motifs is 4. The quantitative estimate of drug-likeness (QED) is 0.377. The van der Waals surface area contributed by atoms with Gasteiger partial charge in [-0.1, -0.05) is 12.2 Å². The first kappa shape index (κ1) is 26.5. The smallest absolute Gasteiger partial charge is 0.339 e. The van der Waals surface area contributed by atoms with Crippen LogP contribution in [0.5, 0.6) is 11.5 Å². The number of nitrogens with zero attached hydrogens (tertiary/aromatic N) is 1. The highest BCUT2D eigenvalue weighted by Gasteiger charge is 2.51. The molecule has 0 radical (unpaired) electrons. The van der Waals surface area contributed by atoms with Crippen LogP contribution in [0.4, 0.5) is 0 Å². The number of esters is 2. The van der Waals surface area contributed by atoms with Crippen molar-refractivity contribution in [1.29, 1.82) is 0 Å². The molecule has 0 spiro atoms. The van der Waals surface area contributed by atoms with Crippen LogP contribution in [0.2, 0.25) is 0 Å². The van der Waals surface area contributed by atoms with Crippen molar-refractivity contribution in [2.24, 2.45) is 0 Å². The Kier molecular flexibility index (Phi) is 7.65. The molecule has 1 saturated heterocycles. The Morgan fingerprint density at radius 1 is 1.13 bits per heavy atom. The van der Waals surface area contributed by atoms with E-state index in [0.29, 0.717) is 23.9 Å². The third-order valence-corrected chi connectivity index (χ3v) is 8.02. The molecule has 0 amide bonds. The Hall–Kier alpha value is -3.08. The monoisotopic (exact) mass is 529 g/mol. The fourth-order valence-corrected chi connectivity index (χ4v) is 6.10. The van der Waals surface area contributed by atoms with Crippen molar-refractivity contribution in [3.05, 3.63) is 46.7 Å². The Labute approximate surface area is 222 Å². The van der Waals surface area contributed by atoms with Crippen LogP contribution >= 0.6 is 0 Å². The van der Waals surface area contributed by atoms with E-state index in [9.17, 15) is 14.7 Å². The van der Waals surface area contributed by atoms with Crippen molar-refractivity contribution >= 4 is 11.9 Å². The van der Waals surface area contributed by atoms with Crippen molar-refractivity contribution in [3.8, 4) is 11.5 Å². The zero-order valence-corrected chi connectivity index (χ0v) is 22.1. The maximum Gasteiger partial charge on any atom is 0.339 e. The van der Waals surface area contributed by atoms with Gasteiger partial charge in [-0.15, -0.1) is 0 Å². The lowest BCUT2D eigenvalue weighted by atomic mass is 9.73. The Balaban J connectivity index is 1.53. The third kappa shape index (κ3) is 4.88. The van der Waals surface area contributed by atoms with Gasteiger partial charge >= 0.3 is 11.9 Å². The van der Waals surface area contributed by atoms with Gasteiger partial charge in [0, 0.05) is 38.6 Å². The highest BCUT2D eigenvalue weighted by atomic mass is 16.7. The number of carbonyl (C=O) groups is 2. The van der Waals surface area contributed by atoms with E-state index in [1.54, 1.807) is 26.4 Å². The minimum Gasteiger partial charge on any atom is -0.497 e. The van der Waals surface area contributed by atoms with E-state index in [4.69, 9.17) is 28.4 Å². The molecule has 1 aliphatic carbocycles. The zero-order chi connectivity index (χ0) is 26.9. The maximum atomic E-state index is 13.7. The van der Waals surface area contributed by atoms with Crippen LogP contribution in [-0.4, -0.2) is 87.5 Å². The van der Waals surface area contributed by atoms with E-state index < -0.39 is 30.1 Å². The maximum absolute atomic E-state index is 13.7. The van der Waals surface area contributed by atoms with Crippen molar-refractivity contribution in [2.75, 3.05) is 47.8 Å². The van der Waals surface area contributed by atoms with Crippen LogP contribution in [0, 0.1) is 0 Å². The summed E-state index contributed by atoms with van der Waals surface area (Å²) in [5.74, 6) is 0.123. The average molecular weight is 530 g/mol. The fourth-order valence-electron chi connectivity index (χ4n) is 6.10. The molecule has 2 bridgehead atoms. The van der Waals surface area contributed by atoms with Crippen LogP contribution < -0.4 is 9.47 Å². The van der Waals surface area contributed by atoms with Crippen LogP contribution in [0.25, 0.3) is 0 Å². The number of benzene rings is 1. The van der Waals surface area contributed by atoms with Gasteiger partial charge in [0.2, 0.25) is 6.79 Å². The van der Waals surface area contributed by atoms with Crippen LogP contribution in [0.3, 0.4) is 0 Å². The Bertz CT molecular complexity index is 1150. The van der Waals surface area contributed by atoms with Gasteiger partial charge in [0.25, 0.3) is 0 Å². The van der Waals surface area contributed by atoms with Gasteiger partial charge in [-0.2, -0.15) is 0 Å². The predicted molar refractivity (Wildman–Crippen MR) is 135 cm³/mol. The molecule has 0 saturated carbocycles. The number of hydrogen-bond donors (Lipinski definition) is 1. The molecular weight excluding hydrogens is 494 g/mol. The largest absolute Gasteiger partial charge is 0.497 e. The molecule has 4 atom stereocenters. The molecule has 1 N–H and O–H groups in total. The van der Waals surface area contributed by atoms with Crippen molar-refractivity contribution < 1.29 is 43.1 Å². The number of piperidine rings is 1. The molecule has 0 aromatic heterocycles. The predicted octanol–water partition coefficient (Wildman–Crippen LogP) is 2.23. The summed E-state index contributed by atoms with van der Waals surface area (Å²) in [4.78, 5) is 28.3. The highest BCUT2D eigenvalue weighted by Crippen LogP contribution is 2.50. The summed E-state index contributed by atoms with van der Waals surface area (Å²) in [6.45, 7) is 2.24. The van der Waals surface area contributed by atoms with E-state index in [1.165, 1.54) is 7.11 Å². The van der Waals surface area contributed by atoms with E-state index in [0.717, 1.165) is 49.1 Å². The van der Waals surface area contributed by atoms with Crippen molar-refractivity contribution in [3.63, 3.8) is 0 Å². The van der Waals surface area contributed by atoms with E-state index >= 15 is 0 Å². The SMILES string of the molecule is COC/C=C/CC(O)(CC(=O)OC)C(=O)O[C@@H]1C(OC)=C2CCN3CCc4cc5c(cc4[C@H]1C3C2)OCO5. The topological polar surface area (TPSA) is 113 Å². The van der Waals surface area contributed by atoms with Gasteiger partial charge in [0.1, 0.15) is 5.76 Å². The first-order chi connectivity index (χ1) is 18.4. The van der Waals surface area contributed by atoms with E-state index in [1.807, 2.05) is 12.1 Å². The number of rotatable bonds is 9. The summed E-state index contributed by atoms with van der Waals surface area (Å²) < 4.78 is 33.2. The van der Waals surface area contributed by atoms with Gasteiger partial charge in [-0.05, 0) is 48.1 Å². The fraction of sp³-hybridized carbons (Fsp3) is 0.571. The Morgan fingerprint density at radius 2 is 1.89 bits per heavy atom. The van der Waals surface area contributed by atoms with Crippen molar-refractivity contribution in [2.45, 2.75) is 55.8 Å². The normalized spacial score (nSPS) is 25.4. The third-order valence-electron chi connectivity index (χ3n) is 8.02. The molecule has 4 aliphatic rings. The molecule has 2 unspecified atom stereocenters. The minimum absolute atomic E-state index is 0.0902. The summed E-state index contributed by atoms with van der Waals surface area (Å²) in [6.07, 6.45) is 4.26. The van der Waals surface area contributed by atoms with E-state index in [2.05, 4.69) is 4.90 Å². The van der Waals surface area contributed by atoms with Gasteiger partial charge in [0.05, 0.1) is 27.2 Å². The standard InChI is InChI=1S/C28H35NO9/c1-33-11-5-4-8-28(32,15-23(30)34-2)27(31)38-26-24-19-14-22-21(36-16-37-22)13-17(19)6-9-29-10-7-18(12-20(24)29)25(26)35-3/h4-5,13-14,20,24,26,32H,6-12,15-16H2,1-3H3/b5-4+/t20?,24-,26-,28?/m0/s1. The first-order valence-corrected chi connectivity index (χ1v) is 12.9. The molecule has 10 nitrogen and oxygen atoms in total. The molecule has 10 heteroatoms. The molecule has 1 aromatic carbocycles. The number of aliphatic hydroxyl groups is 1. The number of carbonyl (C=O) groups excluding carboxylic acids is 2. The molecular formula is C28H35NO9. The molecule has 5 rings (SSSR count). The molecule has 1 aromatic rings. The van der Waals surface area contributed by atoms with E-state index in [-0.39, 0.29) is 25.2 Å². The van der Waals surface area contributed by atoms with Gasteiger partial charge in [-0.3, -0.25) is 9.69 Å². The Morgan fingerprint density at radius 3 is 2.63 bits per heavy atom. The van der Waals surface area contributed by atoms with Gasteiger partial charge < -0.3 is 33.5 Å². The van der Waals surface area contributed by atoms with Gasteiger partial charge in [0.15, 0.2) is 23.2 Å². The summed E-state index contributed by atoms with van der Waals surface area (Å²) >= 11 is 0. The number of ether oxygens (including phenoxy) is 6. The summed E-state index contributed by atoms with van der Waals surface area (Å²) in [5, 5.41) is 11.4. The zero-order valence-electron chi connectivity index (χ0n) is 22.1. The van der Waals surface area contributed by atoms with Crippen LogP contribution in [0.15, 0.2) is 35.6 Å². The molecule has 3 heterocycles. The second-order valence-corrected chi connectivity index (χ2v) is 10.2. The summed E-state index contributed by atoms with van der Waals surface area (Å²) in [5.41, 5.74) is 1.13. The lowest BCUT2D eigenvalue weighted by Crippen LogP contribution is -2.53. The second kappa shape index (κ2) is 11.0. The summed E-state index contributed by atoms with van der Waals surface area (Å²) in [7, 11) is 4.34. The van der Waals surface area contributed by atoms with Crippen LogP contribution in [0.1, 0.15) is 42.7 Å². The molecule has 38 heavy (non-hydrogen) atoms. The first-order valence-electron chi connectivity index (χ1n) is 12.9. The highest BCUT2D eigenvalue weighted by molar-refractivity contribution is 5.86. The lowest BCUT2D eigenvalue weighted by Gasteiger charge is -2.47.